The minimum atomic E-state index is -0.825. The van der Waals surface area contributed by atoms with Crippen LogP contribution in [0, 0.1) is 0 Å². The molecule has 0 spiro atoms. The van der Waals surface area contributed by atoms with Crippen molar-refractivity contribution in [3.8, 4) is 0 Å². The maximum Gasteiger partial charge on any atom is 0.266 e. The molecule has 0 aliphatic rings. The minimum Gasteiger partial charge on any atom is -0.393 e. The van der Waals surface area contributed by atoms with Gasteiger partial charge in [0, 0.05) is 12.8 Å². The van der Waals surface area contributed by atoms with Gasteiger partial charge >= 0.3 is 0 Å². The second-order valence-electron chi connectivity index (χ2n) is 6.45. The number of amides is 1. The third-order valence-corrected chi connectivity index (χ3v) is 4.30. The van der Waals surface area contributed by atoms with Crippen molar-refractivity contribution in [1.29, 1.82) is 0 Å². The first kappa shape index (κ1) is 24.8. The zero-order valence-electron chi connectivity index (χ0n) is 17.6. The van der Waals surface area contributed by atoms with Gasteiger partial charge in [-0.1, -0.05) is 29.3 Å². The van der Waals surface area contributed by atoms with Crippen LogP contribution in [-0.4, -0.2) is 35.7 Å². The summed E-state index contributed by atoms with van der Waals surface area (Å²) in [4.78, 5) is 20.2. The lowest BCUT2D eigenvalue weighted by Gasteiger charge is -2.11. The first-order chi connectivity index (χ1) is 15.2. The van der Waals surface area contributed by atoms with Crippen molar-refractivity contribution in [2.24, 2.45) is 26.7 Å². The molecule has 2 aromatic rings. The summed E-state index contributed by atoms with van der Waals surface area (Å²) in [6, 6.07) is 8.38. The second-order valence-corrected chi connectivity index (χ2v) is 7.26. The fraction of sp³-hybridized carbons (Fsp3) is 0.150. The monoisotopic (exact) mass is 475 g/mol. The topological polar surface area (TPSA) is 155 Å². The van der Waals surface area contributed by atoms with Gasteiger partial charge in [-0.05, 0) is 38.1 Å². The summed E-state index contributed by atoms with van der Waals surface area (Å²) < 4.78 is 0. The van der Waals surface area contributed by atoms with E-state index in [1.165, 1.54) is 12.4 Å². The van der Waals surface area contributed by atoms with E-state index in [4.69, 9.17) is 34.7 Å². The molecule has 0 saturated heterocycles. The van der Waals surface area contributed by atoms with E-state index < -0.39 is 5.91 Å². The van der Waals surface area contributed by atoms with E-state index in [9.17, 15) is 4.79 Å². The molecule has 0 radical (unpaired) electrons. The van der Waals surface area contributed by atoms with Crippen molar-refractivity contribution in [2.75, 3.05) is 12.4 Å². The molecule has 0 saturated carbocycles. The highest BCUT2D eigenvalue weighted by Gasteiger charge is 2.11. The van der Waals surface area contributed by atoms with Gasteiger partial charge in [-0.15, -0.1) is 5.10 Å². The predicted octanol–water partition coefficient (Wildman–Crippen LogP) is 2.72. The Bertz CT molecular complexity index is 1070. The molecular weight excluding hydrogens is 453 g/mol. The Hall–Kier alpha value is -3.47. The molecule has 1 aromatic heterocycles. The Labute approximate surface area is 195 Å². The van der Waals surface area contributed by atoms with Gasteiger partial charge in [0.25, 0.3) is 5.91 Å². The zero-order valence-corrected chi connectivity index (χ0v) is 19.2. The number of aromatic nitrogens is 1. The summed E-state index contributed by atoms with van der Waals surface area (Å²) in [6.07, 6.45) is 2.84. The molecule has 1 amide bonds. The molecule has 0 atom stereocenters. The number of aliphatic imine (C=N–C) groups is 1. The summed E-state index contributed by atoms with van der Waals surface area (Å²) in [6.45, 7) is 3.66. The number of amidine groups is 1. The molecule has 32 heavy (non-hydrogen) atoms. The Morgan fingerprint density at radius 3 is 2.31 bits per heavy atom. The molecule has 10 nitrogen and oxygen atoms in total. The molecular formula is C20H23Cl2N9O. The highest BCUT2D eigenvalue weighted by atomic mass is 35.5. The standard InChI is InChI=1S/C20H23Cl2N9O/c1-11(2)29-31-20(30-25-3)15-8-7-12(9-26-15)28-16(17(23)19(24)32)10-27-18-13(21)5-4-6-14(18)22/h4-10,25,28H,23H2,1-3H3,(H2,24,32)(H,30,31)/b17-16+,27-10?. The van der Waals surface area contributed by atoms with E-state index in [0.29, 0.717) is 32.9 Å². The molecule has 7 N–H and O–H groups in total. The Morgan fingerprint density at radius 1 is 1.09 bits per heavy atom. The third-order valence-electron chi connectivity index (χ3n) is 3.69. The van der Waals surface area contributed by atoms with E-state index in [0.717, 1.165) is 5.71 Å². The third kappa shape index (κ3) is 7.05. The highest BCUT2D eigenvalue weighted by Crippen LogP contribution is 2.32. The smallest absolute Gasteiger partial charge is 0.266 e. The molecule has 0 unspecified atom stereocenters. The van der Waals surface area contributed by atoms with E-state index in [1.807, 2.05) is 13.8 Å². The van der Waals surface area contributed by atoms with Gasteiger partial charge in [0.05, 0.1) is 33.8 Å². The van der Waals surface area contributed by atoms with E-state index in [2.05, 4.69) is 36.3 Å². The lowest BCUT2D eigenvalue weighted by Crippen LogP contribution is -2.35. The maximum absolute atomic E-state index is 11.6. The Morgan fingerprint density at radius 2 is 1.78 bits per heavy atom. The highest BCUT2D eigenvalue weighted by molar-refractivity contribution is 6.38. The number of rotatable bonds is 8. The lowest BCUT2D eigenvalue weighted by atomic mass is 10.2. The van der Waals surface area contributed by atoms with Gasteiger partial charge in [-0.2, -0.15) is 5.10 Å². The molecule has 0 aliphatic heterocycles. The number of hydrazine groups is 1. The average Bonchev–Trinajstić information content (AvgIpc) is 2.75. The minimum absolute atomic E-state index is 0.150. The number of primary amides is 1. The van der Waals surface area contributed by atoms with Crippen LogP contribution in [0.1, 0.15) is 19.5 Å². The number of carbonyl (C=O) groups is 1. The molecule has 0 bridgehead atoms. The summed E-state index contributed by atoms with van der Waals surface area (Å²) in [5, 5.41) is 11.8. The first-order valence-electron chi connectivity index (χ1n) is 9.25. The maximum atomic E-state index is 11.6. The number of para-hydroxylation sites is 1. The van der Waals surface area contributed by atoms with Gasteiger partial charge in [0.1, 0.15) is 17.1 Å². The second kappa shape index (κ2) is 11.8. The first-order valence-corrected chi connectivity index (χ1v) is 10.0. The Balaban J connectivity index is 2.34. The number of hydrogen-bond donors (Lipinski definition) is 5. The number of hydrogen-bond acceptors (Lipinski definition) is 8. The summed E-state index contributed by atoms with van der Waals surface area (Å²) in [5.41, 5.74) is 18.9. The zero-order chi connectivity index (χ0) is 23.7. The number of halogens is 2. The number of anilines is 1. The van der Waals surface area contributed by atoms with Crippen LogP contribution in [0.2, 0.25) is 10.0 Å². The van der Waals surface area contributed by atoms with E-state index >= 15 is 0 Å². The number of nitrogens with zero attached hydrogens (tertiary/aromatic N) is 4. The quantitative estimate of drug-likeness (QED) is 0.171. The van der Waals surface area contributed by atoms with Crippen LogP contribution in [-0.2, 0) is 4.79 Å². The van der Waals surface area contributed by atoms with Crippen molar-refractivity contribution in [3.63, 3.8) is 0 Å². The molecule has 0 aliphatic carbocycles. The van der Waals surface area contributed by atoms with Gasteiger partial charge in [-0.25, -0.2) is 5.43 Å². The van der Waals surface area contributed by atoms with Gasteiger partial charge in [-0.3, -0.25) is 14.8 Å². The van der Waals surface area contributed by atoms with E-state index in [1.54, 1.807) is 37.4 Å². The van der Waals surface area contributed by atoms with Gasteiger partial charge in [0.2, 0.25) is 0 Å². The van der Waals surface area contributed by atoms with Crippen LogP contribution in [0.3, 0.4) is 0 Å². The van der Waals surface area contributed by atoms with Gasteiger partial charge in [0.15, 0.2) is 5.84 Å². The fourth-order valence-corrected chi connectivity index (χ4v) is 2.71. The van der Waals surface area contributed by atoms with Crippen molar-refractivity contribution in [1.82, 2.24) is 15.8 Å². The predicted molar refractivity (Wildman–Crippen MR) is 130 cm³/mol. The number of pyridine rings is 1. The number of carbonyl (C=O) groups excluding carboxylic acids is 1. The van der Waals surface area contributed by atoms with Crippen molar-refractivity contribution < 1.29 is 4.79 Å². The average molecular weight is 476 g/mol. The number of allylic oxidation sites excluding steroid dienone is 1. The summed E-state index contributed by atoms with van der Waals surface area (Å²) >= 11 is 12.3. The molecule has 12 heteroatoms. The molecule has 2 rings (SSSR count). The number of nitrogens with two attached hydrogens (primary N) is 2. The van der Waals surface area contributed by atoms with Crippen LogP contribution in [0.25, 0.3) is 0 Å². The summed E-state index contributed by atoms with van der Waals surface area (Å²) in [7, 11) is 1.70. The van der Waals surface area contributed by atoms with E-state index in [-0.39, 0.29) is 11.4 Å². The summed E-state index contributed by atoms with van der Waals surface area (Å²) in [5.74, 6) is -0.406. The Kier molecular flexibility index (Phi) is 9.14. The molecule has 0 fully saturated rings. The van der Waals surface area contributed by atoms with Crippen LogP contribution in [0.15, 0.2) is 63.1 Å². The van der Waals surface area contributed by atoms with Crippen molar-refractivity contribution in [3.05, 3.63) is 63.7 Å². The van der Waals surface area contributed by atoms with Crippen LogP contribution >= 0.6 is 23.2 Å². The van der Waals surface area contributed by atoms with Gasteiger partial charge < -0.3 is 22.2 Å². The molecule has 1 aromatic carbocycles. The van der Waals surface area contributed by atoms with Crippen LogP contribution in [0.4, 0.5) is 11.4 Å². The van der Waals surface area contributed by atoms with Crippen molar-refractivity contribution >= 4 is 58.2 Å². The van der Waals surface area contributed by atoms with Crippen molar-refractivity contribution in [2.45, 2.75) is 13.8 Å². The number of benzene rings is 1. The van der Waals surface area contributed by atoms with Crippen LogP contribution < -0.4 is 27.6 Å². The number of nitrogens with one attached hydrogen (secondary N) is 3. The molecule has 1 heterocycles. The largest absolute Gasteiger partial charge is 0.393 e. The molecule has 168 valence electrons. The fourth-order valence-electron chi connectivity index (χ4n) is 2.22. The lowest BCUT2D eigenvalue weighted by molar-refractivity contribution is -0.114. The van der Waals surface area contributed by atoms with Crippen LogP contribution in [0.5, 0.6) is 0 Å². The SMILES string of the molecule is CNN/C(=N\N=C(C)C)c1ccc(N/C(C=Nc2c(Cl)cccc2Cl)=C(/N)C(N)=O)cn1. The normalized spacial score (nSPS) is 12.3.